The van der Waals surface area contributed by atoms with Crippen molar-refractivity contribution in [1.82, 2.24) is 24.9 Å². The van der Waals surface area contributed by atoms with Crippen molar-refractivity contribution in [2.45, 2.75) is 88.1 Å². The Morgan fingerprint density at radius 3 is 2.48 bits per heavy atom. The number of rotatable bonds is 12. The average molecular weight is 725 g/mol. The summed E-state index contributed by atoms with van der Waals surface area (Å²) in [5.41, 5.74) is 6.25. The van der Waals surface area contributed by atoms with Crippen molar-refractivity contribution in [3.05, 3.63) is 47.5 Å². The van der Waals surface area contributed by atoms with Gasteiger partial charge in [0.15, 0.2) is 0 Å². The Hall–Kier alpha value is -4.08. The number of hydrogen-bond donors (Lipinski definition) is 3. The predicted octanol–water partition coefficient (Wildman–Crippen LogP) is 3.56. The summed E-state index contributed by atoms with van der Waals surface area (Å²) in [5.74, 6) is -1.00. The number of nitrogens with zero attached hydrogens (tertiary/aromatic N) is 3. The van der Waals surface area contributed by atoms with Gasteiger partial charge in [-0.25, -0.2) is 18.4 Å². The molecule has 50 heavy (non-hydrogen) atoms. The standard InChI is InChI=1S/C35H44N6O7S2/c1-8-21-14-35(21,32(44)40-50(45,46)34(6)11-12-34)39-30(43)25-15-33(5,18-41(25)28(42)16-36)48-27-13-23(31-38-24(17-49-31)19(2)3)37-29-20(4)26(47-7)10-9-22(27)29/h8-10,13,17,19,21,25H,1,11-12,14-16,18,36H2,2-7H3,(H,39,43)(H,40,44)/t21-,25+,33?,35-/m1/s1. The number of methoxy groups -OCH3 is 1. The highest BCUT2D eigenvalue weighted by Gasteiger charge is 2.63. The molecule has 15 heteroatoms. The minimum atomic E-state index is -3.95. The first-order chi connectivity index (χ1) is 23.5. The number of nitrogens with one attached hydrogen (secondary N) is 2. The second-order valence-corrected chi connectivity index (χ2v) is 17.5. The van der Waals surface area contributed by atoms with Gasteiger partial charge < -0.3 is 25.4 Å². The van der Waals surface area contributed by atoms with Gasteiger partial charge in [0.2, 0.25) is 21.8 Å². The van der Waals surface area contributed by atoms with Gasteiger partial charge in [0, 0.05) is 34.7 Å². The molecule has 3 aliphatic rings. The van der Waals surface area contributed by atoms with Crippen molar-refractivity contribution < 1.29 is 32.3 Å². The van der Waals surface area contributed by atoms with Gasteiger partial charge in [0.25, 0.3) is 5.91 Å². The van der Waals surface area contributed by atoms with Gasteiger partial charge in [0.05, 0.1) is 36.2 Å². The van der Waals surface area contributed by atoms with E-state index in [2.05, 4.69) is 30.5 Å². The topological polar surface area (TPSA) is 183 Å². The van der Waals surface area contributed by atoms with E-state index in [1.165, 1.54) is 22.3 Å². The Kier molecular flexibility index (Phi) is 9.01. The zero-order valence-corrected chi connectivity index (χ0v) is 30.8. The average Bonchev–Trinajstić information content (AvgIpc) is 3.88. The summed E-state index contributed by atoms with van der Waals surface area (Å²) in [6.45, 7) is 12.9. The number of likely N-dealkylation sites (tertiary alicyclic amines) is 1. The summed E-state index contributed by atoms with van der Waals surface area (Å²) in [7, 11) is -2.36. The van der Waals surface area contributed by atoms with Crippen LogP contribution in [-0.4, -0.2) is 83.1 Å². The number of pyridine rings is 1. The Bertz CT molecular complexity index is 2010. The number of aryl methyl sites for hydroxylation is 1. The van der Waals surface area contributed by atoms with Crippen molar-refractivity contribution in [3.63, 3.8) is 0 Å². The molecule has 268 valence electrons. The summed E-state index contributed by atoms with van der Waals surface area (Å²) < 4.78 is 39.3. The number of carbonyl (C=O) groups is 3. The summed E-state index contributed by atoms with van der Waals surface area (Å²) in [4.78, 5) is 51.8. The van der Waals surface area contributed by atoms with Gasteiger partial charge in [-0.15, -0.1) is 17.9 Å². The minimum absolute atomic E-state index is 0.0287. The molecule has 3 aromatic rings. The number of fused-ring (bicyclic) bond motifs is 1. The van der Waals surface area contributed by atoms with Crippen LogP contribution >= 0.6 is 11.3 Å². The van der Waals surface area contributed by atoms with Crippen molar-refractivity contribution >= 4 is 50.0 Å². The molecule has 3 heterocycles. The van der Waals surface area contributed by atoms with Crippen molar-refractivity contribution in [2.24, 2.45) is 11.7 Å². The van der Waals surface area contributed by atoms with E-state index >= 15 is 0 Å². The molecule has 0 bridgehead atoms. The number of benzene rings is 1. The first-order valence-corrected chi connectivity index (χ1v) is 19.0. The fourth-order valence-corrected chi connectivity index (χ4v) is 8.84. The maximum Gasteiger partial charge on any atom is 0.259 e. The molecule has 1 aromatic carbocycles. The number of carbonyl (C=O) groups excluding carboxylic acids is 3. The Morgan fingerprint density at radius 2 is 1.90 bits per heavy atom. The van der Waals surface area contributed by atoms with Crippen LogP contribution in [0.4, 0.5) is 0 Å². The molecule has 3 amide bonds. The van der Waals surface area contributed by atoms with Crippen molar-refractivity contribution in [1.29, 1.82) is 0 Å². The fourth-order valence-electron chi connectivity index (χ4n) is 6.59. The smallest absolute Gasteiger partial charge is 0.259 e. The van der Waals surface area contributed by atoms with Crippen LogP contribution < -0.4 is 25.2 Å². The normalized spacial score (nSPS) is 25.3. The van der Waals surface area contributed by atoms with Crippen LogP contribution in [0, 0.1) is 12.8 Å². The number of ether oxygens (including phenoxy) is 2. The van der Waals surface area contributed by atoms with Crippen LogP contribution in [0.5, 0.6) is 11.5 Å². The second-order valence-electron chi connectivity index (χ2n) is 14.4. The molecule has 0 spiro atoms. The van der Waals surface area contributed by atoms with Gasteiger partial charge in [-0.05, 0) is 58.1 Å². The molecule has 1 unspecified atom stereocenters. The van der Waals surface area contributed by atoms with E-state index in [1.54, 1.807) is 14.0 Å². The first kappa shape index (κ1) is 35.7. The quantitative estimate of drug-likeness (QED) is 0.234. The maximum atomic E-state index is 14.0. The van der Waals surface area contributed by atoms with Crippen LogP contribution in [0.1, 0.15) is 70.6 Å². The highest BCUT2D eigenvalue weighted by molar-refractivity contribution is 7.91. The molecule has 4 atom stereocenters. The molecule has 13 nitrogen and oxygen atoms in total. The summed E-state index contributed by atoms with van der Waals surface area (Å²) in [6, 6.07) is 4.47. The maximum absolute atomic E-state index is 14.0. The lowest BCUT2D eigenvalue weighted by Crippen LogP contribution is -2.57. The molecule has 0 radical (unpaired) electrons. The first-order valence-electron chi connectivity index (χ1n) is 16.6. The third-order valence-corrected chi connectivity index (χ3v) is 13.3. The fraction of sp³-hybridized carbons (Fsp3) is 0.514. The third kappa shape index (κ3) is 6.23. The van der Waals surface area contributed by atoms with Gasteiger partial charge in [0.1, 0.15) is 39.4 Å². The van der Waals surface area contributed by atoms with E-state index in [9.17, 15) is 22.8 Å². The van der Waals surface area contributed by atoms with E-state index in [1.807, 2.05) is 37.4 Å². The number of hydrogen-bond acceptors (Lipinski definition) is 11. The number of thiazole rings is 1. The van der Waals surface area contributed by atoms with Crippen LogP contribution in [-0.2, 0) is 24.4 Å². The van der Waals surface area contributed by atoms with Crippen LogP contribution in [0.3, 0.4) is 0 Å². The summed E-state index contributed by atoms with van der Waals surface area (Å²) in [6.07, 6.45) is 2.66. The molecule has 1 saturated heterocycles. The van der Waals surface area contributed by atoms with E-state index in [0.717, 1.165) is 16.3 Å². The second kappa shape index (κ2) is 12.6. The van der Waals surface area contributed by atoms with Gasteiger partial charge >= 0.3 is 0 Å². The Labute approximate surface area is 296 Å². The van der Waals surface area contributed by atoms with E-state index < -0.39 is 55.6 Å². The van der Waals surface area contributed by atoms with Crippen molar-refractivity contribution in [2.75, 3.05) is 20.2 Å². The number of aromatic nitrogens is 2. The molecule has 3 fully saturated rings. The zero-order chi connectivity index (χ0) is 36.4. The van der Waals surface area contributed by atoms with Crippen LogP contribution in [0.25, 0.3) is 21.6 Å². The molecular weight excluding hydrogens is 681 g/mol. The molecule has 6 rings (SSSR count). The number of amides is 3. The molecule has 2 aromatic heterocycles. The van der Waals surface area contributed by atoms with E-state index in [4.69, 9.17) is 25.2 Å². The Morgan fingerprint density at radius 1 is 1.18 bits per heavy atom. The highest BCUT2D eigenvalue weighted by Crippen LogP contribution is 2.47. The lowest BCUT2D eigenvalue weighted by Gasteiger charge is -2.27. The molecule has 2 saturated carbocycles. The van der Waals surface area contributed by atoms with Gasteiger partial charge in [-0.3, -0.25) is 19.1 Å². The molecular formula is C35H44N6O7S2. The number of nitrogens with two attached hydrogens (primary N) is 1. The predicted molar refractivity (Wildman–Crippen MR) is 190 cm³/mol. The third-order valence-electron chi connectivity index (χ3n) is 10.2. The molecule has 4 N–H and O–H groups in total. The zero-order valence-electron chi connectivity index (χ0n) is 29.2. The SMILES string of the molecule is C=C[C@@H]1C[C@]1(NC(=O)[C@@H]1CC(C)(Oc2cc(-c3nc(C(C)C)cs3)nc3c(C)c(OC)ccc23)CN1C(=O)CN)C(=O)NS(=O)(=O)C1(C)CC1. The Balaban J connectivity index is 1.32. The summed E-state index contributed by atoms with van der Waals surface area (Å²) in [5, 5.41) is 6.24. The monoisotopic (exact) mass is 724 g/mol. The lowest BCUT2D eigenvalue weighted by molar-refractivity contribution is -0.139. The van der Waals surface area contributed by atoms with Crippen molar-refractivity contribution in [3.8, 4) is 22.2 Å². The number of sulfonamides is 1. The minimum Gasteiger partial charge on any atom is -0.496 e. The van der Waals surface area contributed by atoms with Gasteiger partial charge in [-0.2, -0.15) is 0 Å². The largest absolute Gasteiger partial charge is 0.496 e. The van der Waals surface area contributed by atoms with E-state index in [-0.39, 0.29) is 31.8 Å². The molecule has 1 aliphatic heterocycles. The highest BCUT2D eigenvalue weighted by atomic mass is 32.2. The van der Waals surface area contributed by atoms with Crippen LogP contribution in [0.15, 0.2) is 36.2 Å². The van der Waals surface area contributed by atoms with Gasteiger partial charge in [-0.1, -0.05) is 19.9 Å². The van der Waals surface area contributed by atoms with E-state index in [0.29, 0.717) is 40.9 Å². The molecule has 2 aliphatic carbocycles. The van der Waals surface area contributed by atoms with Crippen LogP contribution in [0.2, 0.25) is 0 Å². The lowest BCUT2D eigenvalue weighted by atomic mass is 10.0. The summed E-state index contributed by atoms with van der Waals surface area (Å²) >= 11 is 1.48.